The van der Waals surface area contributed by atoms with Gasteiger partial charge in [-0.15, -0.1) is 5.10 Å². The van der Waals surface area contributed by atoms with Crippen molar-refractivity contribution in [2.75, 3.05) is 12.5 Å². The molecule has 0 atom stereocenters. The number of nitrogens with zero attached hydrogens (tertiary/aromatic N) is 2. The zero-order valence-electron chi connectivity index (χ0n) is 12.4. The van der Waals surface area contributed by atoms with Gasteiger partial charge < -0.3 is 15.2 Å². The monoisotopic (exact) mass is 341 g/mol. The lowest BCUT2D eigenvalue weighted by atomic mass is 10.1. The Balaban J connectivity index is 1.76. The van der Waals surface area contributed by atoms with E-state index in [0.717, 1.165) is 5.56 Å². The van der Waals surface area contributed by atoms with Gasteiger partial charge in [0.15, 0.2) is 11.5 Å². The lowest BCUT2D eigenvalue weighted by Gasteiger charge is -2.07. The maximum Gasteiger partial charge on any atom is 0.278 e. The topological polar surface area (TPSA) is 79.4 Å². The van der Waals surface area contributed by atoms with Crippen molar-refractivity contribution >= 4 is 23.3 Å². The molecule has 0 radical (unpaired) electrons. The zero-order chi connectivity index (χ0) is 16.7. The van der Waals surface area contributed by atoms with Crippen LogP contribution in [0.5, 0.6) is 11.5 Å². The largest absolute Gasteiger partial charge is 0.454 e. The lowest BCUT2D eigenvalue weighted by molar-refractivity contribution is 0.0947. The summed E-state index contributed by atoms with van der Waals surface area (Å²) in [7, 11) is 0. The summed E-state index contributed by atoms with van der Waals surface area (Å²) in [5.74, 6) is 1.10. The molecular weight excluding hydrogens is 330 g/mol. The van der Waals surface area contributed by atoms with Crippen LogP contribution in [0.2, 0.25) is 5.02 Å². The minimum atomic E-state index is -0.310. The van der Waals surface area contributed by atoms with Crippen molar-refractivity contribution in [2.45, 2.75) is 0 Å². The van der Waals surface area contributed by atoms with E-state index in [1.165, 1.54) is 4.68 Å². The molecule has 0 amide bonds. The van der Waals surface area contributed by atoms with Crippen molar-refractivity contribution < 1.29 is 14.3 Å². The fourth-order valence-electron chi connectivity index (χ4n) is 2.53. The van der Waals surface area contributed by atoms with Crippen LogP contribution in [0.1, 0.15) is 10.4 Å². The SMILES string of the molecule is Nc1cc(-c2ccc(Cl)cc2)n(C(=O)c2ccc3c(c2)OCO3)n1. The molecule has 4 rings (SSSR count). The highest BCUT2D eigenvalue weighted by atomic mass is 35.5. The summed E-state index contributed by atoms with van der Waals surface area (Å²) in [6, 6.07) is 13.8. The van der Waals surface area contributed by atoms with Gasteiger partial charge in [0.2, 0.25) is 6.79 Å². The van der Waals surface area contributed by atoms with Crippen molar-refractivity contribution in [3.05, 3.63) is 59.1 Å². The smallest absolute Gasteiger partial charge is 0.278 e. The van der Waals surface area contributed by atoms with Crippen molar-refractivity contribution in [3.63, 3.8) is 0 Å². The summed E-state index contributed by atoms with van der Waals surface area (Å²) in [6.07, 6.45) is 0. The minimum Gasteiger partial charge on any atom is -0.454 e. The van der Waals surface area contributed by atoms with E-state index < -0.39 is 0 Å². The number of nitrogens with two attached hydrogens (primary N) is 1. The van der Waals surface area contributed by atoms with Gasteiger partial charge in [-0.25, -0.2) is 0 Å². The molecule has 1 aliphatic heterocycles. The van der Waals surface area contributed by atoms with E-state index >= 15 is 0 Å². The molecule has 2 heterocycles. The Morgan fingerprint density at radius 2 is 1.83 bits per heavy atom. The molecule has 0 bridgehead atoms. The van der Waals surface area contributed by atoms with E-state index in [2.05, 4.69) is 5.10 Å². The van der Waals surface area contributed by atoms with Crippen LogP contribution in [0, 0.1) is 0 Å². The highest BCUT2D eigenvalue weighted by Crippen LogP contribution is 2.33. The quantitative estimate of drug-likeness (QED) is 0.774. The maximum atomic E-state index is 12.8. The molecule has 0 aliphatic carbocycles. The number of nitrogen functional groups attached to an aromatic ring is 1. The molecule has 6 nitrogen and oxygen atoms in total. The second-order valence-electron chi connectivity index (χ2n) is 5.25. The molecule has 3 aromatic rings. The van der Waals surface area contributed by atoms with Gasteiger partial charge in [-0.05, 0) is 30.3 Å². The standard InChI is InChI=1S/C17H12ClN3O3/c18-12-4-1-10(2-5-12)13-8-16(19)20-21(13)17(22)11-3-6-14-15(7-11)24-9-23-14/h1-8H,9H2,(H2,19,20). The first kappa shape index (κ1) is 14.6. The summed E-state index contributed by atoms with van der Waals surface area (Å²) in [6.45, 7) is 0.151. The first-order valence-corrected chi connectivity index (χ1v) is 7.55. The average Bonchev–Trinajstić information content (AvgIpc) is 3.20. The van der Waals surface area contributed by atoms with Crippen LogP contribution in [0.4, 0.5) is 5.82 Å². The van der Waals surface area contributed by atoms with E-state index in [1.807, 2.05) is 12.1 Å². The Morgan fingerprint density at radius 3 is 2.62 bits per heavy atom. The van der Waals surface area contributed by atoms with Crippen LogP contribution in [-0.4, -0.2) is 22.5 Å². The molecule has 0 fully saturated rings. The van der Waals surface area contributed by atoms with Gasteiger partial charge >= 0.3 is 0 Å². The summed E-state index contributed by atoms with van der Waals surface area (Å²) < 4.78 is 11.8. The highest BCUT2D eigenvalue weighted by Gasteiger charge is 2.20. The Bertz CT molecular complexity index is 935. The molecule has 0 saturated heterocycles. The lowest BCUT2D eigenvalue weighted by Crippen LogP contribution is -2.15. The van der Waals surface area contributed by atoms with Crippen LogP contribution in [0.3, 0.4) is 0 Å². The van der Waals surface area contributed by atoms with E-state index in [-0.39, 0.29) is 18.5 Å². The normalized spacial score (nSPS) is 12.4. The van der Waals surface area contributed by atoms with Gasteiger partial charge in [0, 0.05) is 22.2 Å². The van der Waals surface area contributed by atoms with E-state index in [9.17, 15) is 4.79 Å². The second-order valence-corrected chi connectivity index (χ2v) is 5.68. The molecule has 7 heteroatoms. The molecule has 24 heavy (non-hydrogen) atoms. The first-order chi connectivity index (χ1) is 11.6. The number of benzene rings is 2. The molecular formula is C17H12ClN3O3. The number of halogens is 1. The van der Waals surface area contributed by atoms with E-state index in [0.29, 0.717) is 27.8 Å². The second kappa shape index (κ2) is 5.58. The molecule has 2 N–H and O–H groups in total. The number of carbonyl (C=O) groups excluding carboxylic acids is 1. The third-order valence-electron chi connectivity index (χ3n) is 3.68. The van der Waals surface area contributed by atoms with Gasteiger partial charge in [-0.1, -0.05) is 23.7 Å². The van der Waals surface area contributed by atoms with Crippen LogP contribution in [-0.2, 0) is 0 Å². The fraction of sp³-hybridized carbons (Fsp3) is 0.0588. The van der Waals surface area contributed by atoms with Crippen molar-refractivity contribution in [1.29, 1.82) is 0 Å². The minimum absolute atomic E-state index is 0.151. The van der Waals surface area contributed by atoms with Crippen LogP contribution >= 0.6 is 11.6 Å². The van der Waals surface area contributed by atoms with Gasteiger partial charge in [-0.2, -0.15) is 4.68 Å². The summed E-state index contributed by atoms with van der Waals surface area (Å²) in [4.78, 5) is 12.8. The number of aromatic nitrogens is 2. The van der Waals surface area contributed by atoms with E-state index in [1.54, 1.807) is 36.4 Å². The predicted octanol–water partition coefficient (Wildman–Crippen LogP) is 3.20. The van der Waals surface area contributed by atoms with Crippen LogP contribution < -0.4 is 15.2 Å². The summed E-state index contributed by atoms with van der Waals surface area (Å²) >= 11 is 5.92. The fourth-order valence-corrected chi connectivity index (χ4v) is 2.66. The number of anilines is 1. The zero-order valence-corrected chi connectivity index (χ0v) is 13.2. The highest BCUT2D eigenvalue weighted by molar-refractivity contribution is 6.30. The number of hydrogen-bond donors (Lipinski definition) is 1. The molecule has 0 spiro atoms. The average molecular weight is 342 g/mol. The number of carbonyl (C=O) groups is 1. The van der Waals surface area contributed by atoms with Gasteiger partial charge in [-0.3, -0.25) is 4.79 Å². The summed E-state index contributed by atoms with van der Waals surface area (Å²) in [5, 5.41) is 4.73. The number of ether oxygens (including phenoxy) is 2. The molecule has 0 unspecified atom stereocenters. The molecule has 120 valence electrons. The number of hydrogen-bond acceptors (Lipinski definition) is 5. The molecule has 1 aliphatic rings. The number of fused-ring (bicyclic) bond motifs is 1. The van der Waals surface area contributed by atoms with Crippen molar-refractivity contribution in [3.8, 4) is 22.8 Å². The molecule has 2 aromatic carbocycles. The Hall–Kier alpha value is -2.99. The summed E-state index contributed by atoms with van der Waals surface area (Å²) in [5.41, 5.74) is 7.61. The Morgan fingerprint density at radius 1 is 1.08 bits per heavy atom. The Labute approximate surface area is 142 Å². The third kappa shape index (κ3) is 2.47. The predicted molar refractivity (Wildman–Crippen MR) is 89.4 cm³/mol. The van der Waals surface area contributed by atoms with Crippen LogP contribution in [0.25, 0.3) is 11.3 Å². The van der Waals surface area contributed by atoms with Crippen molar-refractivity contribution in [2.24, 2.45) is 0 Å². The van der Waals surface area contributed by atoms with Crippen molar-refractivity contribution in [1.82, 2.24) is 9.78 Å². The van der Waals surface area contributed by atoms with Gasteiger partial charge in [0.25, 0.3) is 5.91 Å². The van der Waals surface area contributed by atoms with E-state index in [4.69, 9.17) is 26.8 Å². The van der Waals surface area contributed by atoms with Crippen LogP contribution in [0.15, 0.2) is 48.5 Å². The molecule has 0 saturated carbocycles. The third-order valence-corrected chi connectivity index (χ3v) is 3.93. The van der Waals surface area contributed by atoms with Gasteiger partial charge in [0.1, 0.15) is 5.82 Å². The molecule has 1 aromatic heterocycles. The first-order valence-electron chi connectivity index (χ1n) is 7.17. The maximum absolute atomic E-state index is 12.8. The number of rotatable bonds is 2. The van der Waals surface area contributed by atoms with Gasteiger partial charge in [0.05, 0.1) is 5.69 Å². The Kier molecular flexibility index (Phi) is 3.39.